The first-order valence-corrected chi connectivity index (χ1v) is 13.0. The number of aromatic nitrogens is 1. The fourth-order valence-corrected chi connectivity index (χ4v) is 3.01. The minimum Gasteiger partial charge on any atom is -0.489 e. The van der Waals surface area contributed by atoms with Crippen molar-refractivity contribution in [1.82, 2.24) is 4.98 Å². The molecule has 0 saturated carbocycles. The molecule has 2 aromatic carbocycles. The number of rotatable bonds is 11. The Kier molecular flexibility index (Phi) is 19.4. The molecular formula is C31H40ClNO5. The van der Waals surface area contributed by atoms with Gasteiger partial charge in [-0.25, -0.2) is 4.98 Å². The number of aldehydes is 1. The summed E-state index contributed by atoms with van der Waals surface area (Å²) in [5, 5.41) is 7.00. The number of pyridine rings is 1. The lowest BCUT2D eigenvalue weighted by Crippen LogP contribution is -2.14. The van der Waals surface area contributed by atoms with Crippen molar-refractivity contribution in [3.05, 3.63) is 95.3 Å². The summed E-state index contributed by atoms with van der Waals surface area (Å²) in [6.07, 6.45) is 3.69. The van der Waals surface area contributed by atoms with Gasteiger partial charge in [-0.05, 0) is 55.0 Å². The van der Waals surface area contributed by atoms with Crippen LogP contribution in [0.4, 0.5) is 0 Å². The van der Waals surface area contributed by atoms with Gasteiger partial charge in [0.2, 0.25) is 0 Å². The minimum absolute atomic E-state index is 0.318. The monoisotopic (exact) mass is 541 g/mol. The lowest BCUT2D eigenvalue weighted by atomic mass is 10.1. The second-order valence-corrected chi connectivity index (χ2v) is 7.14. The van der Waals surface area contributed by atoms with Crippen LogP contribution in [0, 0.1) is 0 Å². The Morgan fingerprint density at radius 3 is 2.05 bits per heavy atom. The van der Waals surface area contributed by atoms with E-state index in [4.69, 9.17) is 30.9 Å². The molecule has 0 spiro atoms. The SMILES string of the molecule is C=Cc1ccc(COc2ccc(OCc3ccccc3OC(C)C=O)cc2)nc1/C=C/Cl.CC.CC.CO. The van der Waals surface area contributed by atoms with Crippen LogP contribution >= 0.6 is 11.6 Å². The van der Waals surface area contributed by atoms with Crippen molar-refractivity contribution in [2.45, 2.75) is 53.9 Å². The lowest BCUT2D eigenvalue weighted by Gasteiger charge is -2.14. The highest BCUT2D eigenvalue weighted by Crippen LogP contribution is 2.23. The lowest BCUT2D eigenvalue weighted by molar-refractivity contribution is -0.113. The Labute approximate surface area is 232 Å². The molecule has 7 heteroatoms. The number of halogens is 1. The molecule has 1 heterocycles. The minimum atomic E-state index is -0.517. The number of aliphatic hydroxyl groups excluding tert-OH is 1. The van der Waals surface area contributed by atoms with E-state index >= 15 is 0 Å². The zero-order chi connectivity index (χ0) is 28.8. The summed E-state index contributed by atoms with van der Waals surface area (Å²) in [6, 6.07) is 18.7. The summed E-state index contributed by atoms with van der Waals surface area (Å²) in [5.41, 5.74) is 4.71. The van der Waals surface area contributed by atoms with Crippen molar-refractivity contribution >= 4 is 30.0 Å². The first-order chi connectivity index (χ1) is 18.6. The molecule has 6 nitrogen and oxygen atoms in total. The van der Waals surface area contributed by atoms with Crippen LogP contribution in [0.25, 0.3) is 12.2 Å². The summed E-state index contributed by atoms with van der Waals surface area (Å²) in [7, 11) is 1.00. The summed E-state index contributed by atoms with van der Waals surface area (Å²) >= 11 is 5.69. The molecule has 0 aliphatic heterocycles. The number of hydrogen-bond donors (Lipinski definition) is 1. The number of carbonyl (C=O) groups excluding carboxylic acids is 1. The van der Waals surface area contributed by atoms with E-state index in [-0.39, 0.29) is 0 Å². The van der Waals surface area contributed by atoms with E-state index in [1.165, 1.54) is 5.54 Å². The predicted octanol–water partition coefficient (Wildman–Crippen LogP) is 7.72. The van der Waals surface area contributed by atoms with E-state index in [0.717, 1.165) is 35.9 Å². The zero-order valence-electron chi connectivity index (χ0n) is 23.2. The van der Waals surface area contributed by atoms with Gasteiger partial charge in [-0.3, -0.25) is 4.79 Å². The smallest absolute Gasteiger partial charge is 0.160 e. The van der Waals surface area contributed by atoms with E-state index in [9.17, 15) is 4.79 Å². The fraction of sp³-hybridized carbons (Fsp3) is 0.290. The van der Waals surface area contributed by atoms with E-state index < -0.39 is 6.10 Å². The van der Waals surface area contributed by atoms with Crippen LogP contribution in [0.3, 0.4) is 0 Å². The van der Waals surface area contributed by atoms with E-state index in [0.29, 0.717) is 30.5 Å². The van der Waals surface area contributed by atoms with Crippen molar-refractivity contribution in [3.8, 4) is 17.2 Å². The standard InChI is InChI=1S/C26H24ClNO4.2C2H6.CH4O/c1-3-20-8-9-22(28-25(20)14-15-27)18-31-24-12-10-23(11-13-24)30-17-21-6-4-5-7-26(21)32-19(2)16-29;3*1-2/h3-16,19H,1,17-18H2,2H3;2*1-2H3;2H,1H3/b15-14+;;;. The van der Waals surface area contributed by atoms with E-state index in [2.05, 4.69) is 11.6 Å². The van der Waals surface area contributed by atoms with Crippen molar-refractivity contribution in [1.29, 1.82) is 0 Å². The molecule has 1 aromatic heterocycles. The van der Waals surface area contributed by atoms with Crippen LogP contribution in [-0.2, 0) is 18.0 Å². The van der Waals surface area contributed by atoms with Crippen LogP contribution in [0.1, 0.15) is 57.1 Å². The average molecular weight is 542 g/mol. The summed E-state index contributed by atoms with van der Waals surface area (Å²) < 4.78 is 17.3. The second kappa shape index (κ2) is 21.5. The van der Waals surface area contributed by atoms with Crippen LogP contribution in [0.5, 0.6) is 17.2 Å². The molecule has 0 bridgehead atoms. The number of ether oxygens (including phenoxy) is 3. The fourth-order valence-electron chi connectivity index (χ4n) is 2.89. The molecule has 1 N–H and O–H groups in total. The molecule has 0 radical (unpaired) electrons. The van der Waals surface area contributed by atoms with Gasteiger partial charge in [-0.2, -0.15) is 0 Å². The van der Waals surface area contributed by atoms with Crippen LogP contribution in [0.2, 0.25) is 0 Å². The molecule has 206 valence electrons. The summed E-state index contributed by atoms with van der Waals surface area (Å²) in [5.74, 6) is 2.02. The van der Waals surface area contributed by atoms with Crippen molar-refractivity contribution in [2.75, 3.05) is 7.11 Å². The number of hydrogen-bond acceptors (Lipinski definition) is 6. The maximum atomic E-state index is 10.9. The third-order valence-corrected chi connectivity index (χ3v) is 4.66. The normalized spacial score (nSPS) is 10.3. The first kappa shape index (κ1) is 34.4. The highest BCUT2D eigenvalue weighted by molar-refractivity contribution is 6.27. The van der Waals surface area contributed by atoms with E-state index in [1.54, 1.807) is 19.1 Å². The molecule has 1 unspecified atom stereocenters. The molecule has 0 saturated heterocycles. The molecule has 0 amide bonds. The van der Waals surface area contributed by atoms with Crippen molar-refractivity contribution in [2.24, 2.45) is 0 Å². The van der Waals surface area contributed by atoms with Gasteiger partial charge in [0.1, 0.15) is 30.5 Å². The quantitative estimate of drug-likeness (QED) is 0.250. The average Bonchev–Trinajstić information content (AvgIpc) is 2.99. The third kappa shape index (κ3) is 12.1. The number of aliphatic hydroxyl groups is 1. The van der Waals surface area contributed by atoms with Gasteiger partial charge in [0, 0.05) is 18.2 Å². The Balaban J connectivity index is 0.00000213. The molecule has 0 fully saturated rings. The summed E-state index contributed by atoms with van der Waals surface area (Å²) in [4.78, 5) is 15.4. The highest BCUT2D eigenvalue weighted by Gasteiger charge is 2.08. The maximum Gasteiger partial charge on any atom is 0.160 e. The van der Waals surface area contributed by atoms with Gasteiger partial charge in [0.05, 0.1) is 11.4 Å². The van der Waals surface area contributed by atoms with Crippen LogP contribution in [-0.4, -0.2) is 29.6 Å². The number of para-hydroxylation sites is 1. The van der Waals surface area contributed by atoms with Gasteiger partial charge in [0.25, 0.3) is 0 Å². The van der Waals surface area contributed by atoms with Gasteiger partial charge in [-0.15, -0.1) is 0 Å². The topological polar surface area (TPSA) is 77.9 Å². The van der Waals surface area contributed by atoms with Crippen molar-refractivity contribution in [3.63, 3.8) is 0 Å². The van der Waals surface area contributed by atoms with Gasteiger partial charge in [0.15, 0.2) is 12.4 Å². The number of nitrogens with zero attached hydrogens (tertiary/aromatic N) is 1. The molecule has 38 heavy (non-hydrogen) atoms. The van der Waals surface area contributed by atoms with Crippen molar-refractivity contribution < 1.29 is 24.1 Å². The second-order valence-electron chi connectivity index (χ2n) is 6.89. The maximum absolute atomic E-state index is 10.9. The largest absolute Gasteiger partial charge is 0.489 e. The first-order valence-electron chi connectivity index (χ1n) is 12.5. The molecular weight excluding hydrogens is 502 g/mol. The molecule has 3 rings (SSSR count). The molecule has 1 atom stereocenters. The van der Waals surface area contributed by atoms with Gasteiger partial charge in [-0.1, -0.05) is 76.2 Å². The molecule has 3 aromatic rings. The summed E-state index contributed by atoms with van der Waals surface area (Å²) in [6.45, 7) is 14.1. The number of benzene rings is 2. The zero-order valence-corrected chi connectivity index (χ0v) is 23.9. The van der Waals surface area contributed by atoms with Crippen LogP contribution < -0.4 is 14.2 Å². The Morgan fingerprint density at radius 2 is 1.50 bits per heavy atom. The third-order valence-electron chi connectivity index (χ3n) is 4.54. The Bertz CT molecular complexity index is 1080. The predicted molar refractivity (Wildman–Crippen MR) is 158 cm³/mol. The Morgan fingerprint density at radius 1 is 0.921 bits per heavy atom. The van der Waals surface area contributed by atoms with Gasteiger partial charge >= 0.3 is 0 Å². The highest BCUT2D eigenvalue weighted by atomic mass is 35.5. The Hall–Kier alpha value is -3.61. The van der Waals surface area contributed by atoms with Crippen LogP contribution in [0.15, 0.2) is 72.8 Å². The number of carbonyl (C=O) groups is 1. The van der Waals surface area contributed by atoms with Gasteiger partial charge < -0.3 is 19.3 Å². The molecule has 0 aliphatic carbocycles. The molecule has 0 aliphatic rings. The van der Waals surface area contributed by atoms with E-state index in [1.807, 2.05) is 88.4 Å².